The number of hydrogen-bond acceptors (Lipinski definition) is 3. The van der Waals surface area contributed by atoms with Gasteiger partial charge < -0.3 is 11.1 Å². The minimum atomic E-state index is -0.00389. The van der Waals surface area contributed by atoms with E-state index in [2.05, 4.69) is 17.2 Å². The van der Waals surface area contributed by atoms with Crippen molar-refractivity contribution in [2.24, 2.45) is 11.7 Å². The molecule has 1 aromatic rings. The predicted molar refractivity (Wildman–Crippen MR) is 84.9 cm³/mol. The lowest BCUT2D eigenvalue weighted by Gasteiger charge is -2.11. The Balaban J connectivity index is 2.03. The van der Waals surface area contributed by atoms with Crippen LogP contribution in [0.2, 0.25) is 0 Å². The normalized spacial score (nSPS) is 17.4. The lowest BCUT2D eigenvalue weighted by molar-refractivity contribution is 0.0948. The van der Waals surface area contributed by atoms with Gasteiger partial charge in [-0.25, -0.2) is 0 Å². The van der Waals surface area contributed by atoms with Crippen molar-refractivity contribution in [1.82, 2.24) is 5.32 Å². The first-order valence-corrected chi connectivity index (χ1v) is 8.01. The van der Waals surface area contributed by atoms with Crippen molar-refractivity contribution < 1.29 is 4.79 Å². The van der Waals surface area contributed by atoms with Gasteiger partial charge in [0.05, 0.1) is 6.54 Å². The second kappa shape index (κ2) is 7.37. The zero-order chi connectivity index (χ0) is 14.4. The Morgan fingerprint density at radius 2 is 2.40 bits per heavy atom. The van der Waals surface area contributed by atoms with Crippen LogP contribution in [0.3, 0.4) is 0 Å². The van der Waals surface area contributed by atoms with Crippen molar-refractivity contribution in [1.29, 1.82) is 0 Å². The van der Waals surface area contributed by atoms with Crippen molar-refractivity contribution in [3.05, 3.63) is 34.9 Å². The molecule has 1 saturated heterocycles. The average molecular weight is 288 g/mol. The largest absolute Gasteiger partial charge is 0.352 e. The molecule has 1 unspecified atom stereocenters. The van der Waals surface area contributed by atoms with E-state index in [9.17, 15) is 4.79 Å². The van der Waals surface area contributed by atoms with Gasteiger partial charge in [0.15, 0.2) is 0 Å². The number of thioether (sulfide) groups is 1. The molecule has 3 N–H and O–H groups in total. The van der Waals surface area contributed by atoms with Gasteiger partial charge in [-0.15, -0.1) is 0 Å². The maximum atomic E-state index is 12.3. The molecule has 1 aliphatic heterocycles. The van der Waals surface area contributed by atoms with Crippen LogP contribution in [0.25, 0.3) is 0 Å². The summed E-state index contributed by atoms with van der Waals surface area (Å²) in [5.74, 6) is 8.75. The number of benzene rings is 1. The molecule has 20 heavy (non-hydrogen) atoms. The van der Waals surface area contributed by atoms with Gasteiger partial charge in [0.25, 0.3) is 5.91 Å². The molecule has 0 bridgehead atoms. The third-order valence-corrected chi connectivity index (χ3v) is 4.62. The average Bonchev–Trinajstić information content (AvgIpc) is 2.97. The van der Waals surface area contributed by atoms with Gasteiger partial charge in [-0.3, -0.25) is 4.79 Å². The fourth-order valence-electron chi connectivity index (χ4n) is 2.17. The van der Waals surface area contributed by atoms with Crippen LogP contribution in [-0.2, 0) is 0 Å². The van der Waals surface area contributed by atoms with Crippen LogP contribution in [0.5, 0.6) is 0 Å². The third kappa shape index (κ3) is 4.03. The first kappa shape index (κ1) is 15.0. The predicted octanol–water partition coefficient (Wildman–Crippen LogP) is 1.79. The molecule has 1 fully saturated rings. The molecule has 0 radical (unpaired) electrons. The number of rotatable bonds is 3. The second-order valence-corrected chi connectivity index (χ2v) is 6.13. The van der Waals surface area contributed by atoms with E-state index in [1.807, 2.05) is 36.9 Å². The van der Waals surface area contributed by atoms with Crippen molar-refractivity contribution in [2.75, 3.05) is 24.6 Å². The Labute approximate surface area is 124 Å². The van der Waals surface area contributed by atoms with Crippen molar-refractivity contribution in [2.45, 2.75) is 13.3 Å². The molecule has 2 rings (SSSR count). The Morgan fingerprint density at radius 3 is 3.10 bits per heavy atom. The van der Waals surface area contributed by atoms with Gasteiger partial charge in [0, 0.05) is 17.7 Å². The topological polar surface area (TPSA) is 55.1 Å². The van der Waals surface area contributed by atoms with E-state index >= 15 is 0 Å². The Hall–Kier alpha value is -1.44. The van der Waals surface area contributed by atoms with Crippen LogP contribution in [-0.4, -0.2) is 30.5 Å². The zero-order valence-corrected chi connectivity index (χ0v) is 12.6. The molecule has 0 aromatic heterocycles. The molecule has 3 nitrogen and oxygen atoms in total. The number of aryl methyl sites for hydroxylation is 1. The van der Waals surface area contributed by atoms with E-state index < -0.39 is 0 Å². The summed E-state index contributed by atoms with van der Waals surface area (Å²) < 4.78 is 0. The molecular weight excluding hydrogens is 268 g/mol. The van der Waals surface area contributed by atoms with E-state index in [4.69, 9.17) is 5.73 Å². The molecule has 1 heterocycles. The molecule has 4 heteroatoms. The molecule has 1 aromatic carbocycles. The first-order valence-electron chi connectivity index (χ1n) is 6.86. The third-order valence-electron chi connectivity index (χ3n) is 3.39. The number of nitrogens with one attached hydrogen (secondary N) is 1. The van der Waals surface area contributed by atoms with Gasteiger partial charge in [0.1, 0.15) is 0 Å². The van der Waals surface area contributed by atoms with Gasteiger partial charge >= 0.3 is 0 Å². The molecule has 1 amide bonds. The summed E-state index contributed by atoms with van der Waals surface area (Å²) in [4.78, 5) is 12.3. The van der Waals surface area contributed by atoms with Crippen LogP contribution in [0.4, 0.5) is 0 Å². The first-order chi connectivity index (χ1) is 9.70. The van der Waals surface area contributed by atoms with Crippen LogP contribution in [0.15, 0.2) is 18.2 Å². The van der Waals surface area contributed by atoms with E-state index in [0.29, 0.717) is 18.0 Å². The Morgan fingerprint density at radius 1 is 1.55 bits per heavy atom. The standard InChI is InChI=1S/C16H20N2OS/c1-12-4-5-13(3-2-7-17)9-15(12)16(19)18-10-14-6-8-20-11-14/h4-5,9,14H,6-8,10-11,17H2,1H3,(H,18,19). The molecule has 0 saturated carbocycles. The minimum absolute atomic E-state index is 0.00389. The summed E-state index contributed by atoms with van der Waals surface area (Å²) in [6, 6.07) is 5.69. The van der Waals surface area contributed by atoms with E-state index in [-0.39, 0.29) is 5.91 Å². The summed E-state index contributed by atoms with van der Waals surface area (Å²) in [6.45, 7) is 3.04. The number of carbonyl (C=O) groups excluding carboxylic acids is 1. The van der Waals surface area contributed by atoms with Crippen LogP contribution < -0.4 is 11.1 Å². The monoisotopic (exact) mass is 288 g/mol. The van der Waals surface area contributed by atoms with Crippen molar-refractivity contribution >= 4 is 17.7 Å². The number of amides is 1. The SMILES string of the molecule is Cc1ccc(C#CCN)cc1C(=O)NCC1CCSC1. The summed E-state index contributed by atoms with van der Waals surface area (Å²) >= 11 is 1.96. The lowest BCUT2D eigenvalue weighted by atomic mass is 10.0. The molecular formula is C16H20N2OS. The molecule has 0 spiro atoms. The lowest BCUT2D eigenvalue weighted by Crippen LogP contribution is -2.29. The summed E-state index contributed by atoms with van der Waals surface area (Å²) in [7, 11) is 0. The highest BCUT2D eigenvalue weighted by atomic mass is 32.2. The fraction of sp³-hybridized carbons (Fsp3) is 0.438. The van der Waals surface area contributed by atoms with E-state index in [1.165, 1.54) is 12.2 Å². The van der Waals surface area contributed by atoms with Crippen LogP contribution >= 0.6 is 11.8 Å². The molecule has 1 atom stereocenters. The van der Waals surface area contributed by atoms with Gasteiger partial charge in [-0.05, 0) is 48.5 Å². The van der Waals surface area contributed by atoms with Crippen molar-refractivity contribution in [3.8, 4) is 11.8 Å². The molecule has 106 valence electrons. The Kier molecular flexibility index (Phi) is 5.51. The quantitative estimate of drug-likeness (QED) is 0.834. The van der Waals surface area contributed by atoms with Gasteiger partial charge in [0.2, 0.25) is 0 Å². The highest BCUT2D eigenvalue weighted by molar-refractivity contribution is 7.99. The van der Waals surface area contributed by atoms with Gasteiger partial charge in [-0.1, -0.05) is 17.9 Å². The van der Waals surface area contributed by atoms with Gasteiger partial charge in [-0.2, -0.15) is 11.8 Å². The van der Waals surface area contributed by atoms with E-state index in [1.54, 1.807) is 0 Å². The highest BCUT2D eigenvalue weighted by Crippen LogP contribution is 2.22. The molecule has 1 aliphatic rings. The smallest absolute Gasteiger partial charge is 0.251 e. The van der Waals surface area contributed by atoms with E-state index in [0.717, 1.165) is 23.4 Å². The summed E-state index contributed by atoms with van der Waals surface area (Å²) in [6.07, 6.45) is 1.20. The highest BCUT2D eigenvalue weighted by Gasteiger charge is 2.17. The number of carbonyl (C=O) groups is 1. The van der Waals surface area contributed by atoms with Crippen LogP contribution in [0.1, 0.15) is 27.9 Å². The van der Waals surface area contributed by atoms with Crippen molar-refractivity contribution in [3.63, 3.8) is 0 Å². The number of hydrogen-bond donors (Lipinski definition) is 2. The minimum Gasteiger partial charge on any atom is -0.352 e. The summed E-state index contributed by atoms with van der Waals surface area (Å²) in [5, 5.41) is 3.04. The maximum absolute atomic E-state index is 12.3. The summed E-state index contributed by atoms with van der Waals surface area (Å²) in [5.41, 5.74) is 7.88. The Bertz CT molecular complexity index is 539. The zero-order valence-electron chi connectivity index (χ0n) is 11.7. The fourth-order valence-corrected chi connectivity index (χ4v) is 3.46. The maximum Gasteiger partial charge on any atom is 0.251 e. The second-order valence-electron chi connectivity index (χ2n) is 4.98. The van der Waals surface area contributed by atoms with Crippen LogP contribution in [0, 0.1) is 24.7 Å². The number of nitrogens with two attached hydrogens (primary N) is 1. The molecule has 0 aliphatic carbocycles.